The summed E-state index contributed by atoms with van der Waals surface area (Å²) in [6, 6.07) is 11.5. The molecule has 8 heteroatoms. The van der Waals surface area contributed by atoms with Crippen LogP contribution in [-0.2, 0) is 9.59 Å². The molecule has 0 atom stereocenters. The van der Waals surface area contributed by atoms with Gasteiger partial charge in [0.25, 0.3) is 11.8 Å². The van der Waals surface area contributed by atoms with Gasteiger partial charge in [-0.1, -0.05) is 22.0 Å². The van der Waals surface area contributed by atoms with Gasteiger partial charge in [-0.25, -0.2) is 0 Å². The molecule has 3 rings (SSSR count). The molecular weight excluding hydrogens is 420 g/mol. The number of hydrogen-bond acceptors (Lipinski definition) is 5. The molecule has 0 spiro atoms. The van der Waals surface area contributed by atoms with Crippen molar-refractivity contribution in [2.45, 2.75) is 0 Å². The van der Waals surface area contributed by atoms with E-state index < -0.39 is 11.8 Å². The van der Waals surface area contributed by atoms with Crippen molar-refractivity contribution in [3.05, 3.63) is 58.1 Å². The lowest BCUT2D eigenvalue weighted by Gasteiger charge is -2.29. The highest BCUT2D eigenvalue weighted by Gasteiger charge is 2.34. The van der Waals surface area contributed by atoms with Gasteiger partial charge in [0, 0.05) is 4.47 Å². The Kier molecular flexibility index (Phi) is 5.06. The Morgan fingerprint density at radius 1 is 1.19 bits per heavy atom. The first kappa shape index (κ1) is 18.1. The number of halogens is 1. The molecule has 0 aliphatic carbocycles. The normalized spacial score (nSPS) is 16.0. The molecular formula is C18H13BrN2O4S. The van der Waals surface area contributed by atoms with Crippen molar-refractivity contribution in [1.29, 1.82) is 0 Å². The van der Waals surface area contributed by atoms with Crippen molar-refractivity contribution >= 4 is 56.8 Å². The van der Waals surface area contributed by atoms with E-state index >= 15 is 0 Å². The van der Waals surface area contributed by atoms with Gasteiger partial charge >= 0.3 is 0 Å². The molecule has 1 saturated heterocycles. The number of carbonyl (C=O) groups is 2. The standard InChI is InChI=1S/C18H13BrN2O4S/c1-25-15-9-10(2-7-14(15)22)8-13-16(23)20-18(26)21(17(13)24)12-5-3-11(19)4-6-12/h2-9,22H,1H3,(H,20,23,26)/b13-8+. The number of carbonyl (C=O) groups excluding carboxylic acids is 2. The van der Waals surface area contributed by atoms with Crippen LogP contribution in [-0.4, -0.2) is 29.1 Å². The zero-order chi connectivity index (χ0) is 18.8. The summed E-state index contributed by atoms with van der Waals surface area (Å²) >= 11 is 8.49. The maximum atomic E-state index is 12.9. The second-order valence-corrected chi connectivity index (χ2v) is 6.67. The molecule has 1 fully saturated rings. The van der Waals surface area contributed by atoms with Crippen molar-refractivity contribution in [3.63, 3.8) is 0 Å². The third-order valence-electron chi connectivity index (χ3n) is 3.70. The predicted octanol–water partition coefficient (Wildman–Crippen LogP) is 2.99. The van der Waals surface area contributed by atoms with Gasteiger partial charge < -0.3 is 9.84 Å². The highest BCUT2D eigenvalue weighted by Crippen LogP contribution is 2.28. The first-order chi connectivity index (χ1) is 12.4. The largest absolute Gasteiger partial charge is 0.504 e. The van der Waals surface area contributed by atoms with Crippen molar-refractivity contribution in [2.24, 2.45) is 0 Å². The summed E-state index contributed by atoms with van der Waals surface area (Å²) in [5, 5.41) is 12.2. The van der Waals surface area contributed by atoms with Gasteiger partial charge in [-0.05, 0) is 60.3 Å². The number of phenols is 1. The second kappa shape index (κ2) is 7.27. The Bertz CT molecular complexity index is 941. The van der Waals surface area contributed by atoms with Crippen LogP contribution < -0.4 is 15.0 Å². The lowest BCUT2D eigenvalue weighted by molar-refractivity contribution is -0.122. The molecule has 2 aromatic rings. The Morgan fingerprint density at radius 2 is 1.88 bits per heavy atom. The number of nitrogens with zero attached hydrogens (tertiary/aromatic N) is 1. The Morgan fingerprint density at radius 3 is 2.54 bits per heavy atom. The van der Waals surface area contributed by atoms with E-state index in [1.165, 1.54) is 30.2 Å². The molecule has 0 bridgehead atoms. The van der Waals surface area contributed by atoms with Gasteiger partial charge in [0.15, 0.2) is 16.6 Å². The molecule has 2 N–H and O–H groups in total. The van der Waals surface area contributed by atoms with Crippen LogP contribution in [0.4, 0.5) is 5.69 Å². The minimum absolute atomic E-state index is 0.0164. The summed E-state index contributed by atoms with van der Waals surface area (Å²) in [7, 11) is 1.41. The van der Waals surface area contributed by atoms with Crippen LogP contribution in [0.1, 0.15) is 5.56 Å². The summed E-state index contributed by atoms with van der Waals surface area (Å²) in [5.41, 5.74) is 0.994. The summed E-state index contributed by atoms with van der Waals surface area (Å²) in [5.74, 6) is -0.913. The van der Waals surface area contributed by atoms with Gasteiger partial charge in [-0.15, -0.1) is 0 Å². The number of ether oxygens (including phenoxy) is 1. The van der Waals surface area contributed by atoms with Gasteiger partial charge in [0.2, 0.25) is 0 Å². The van der Waals surface area contributed by atoms with Crippen LogP contribution in [0, 0.1) is 0 Å². The number of hydrogen-bond donors (Lipinski definition) is 2. The molecule has 0 radical (unpaired) electrons. The predicted molar refractivity (Wildman–Crippen MR) is 105 cm³/mol. The summed E-state index contributed by atoms with van der Waals surface area (Å²) in [6.45, 7) is 0. The van der Waals surface area contributed by atoms with E-state index in [1.54, 1.807) is 30.3 Å². The smallest absolute Gasteiger partial charge is 0.270 e. The molecule has 6 nitrogen and oxygen atoms in total. The molecule has 1 aliphatic heterocycles. The third-order valence-corrected chi connectivity index (χ3v) is 4.51. The number of anilines is 1. The monoisotopic (exact) mass is 432 g/mol. The number of methoxy groups -OCH3 is 1. The van der Waals surface area contributed by atoms with Crippen molar-refractivity contribution < 1.29 is 19.4 Å². The first-order valence-corrected chi connectivity index (χ1v) is 8.65. The third kappa shape index (κ3) is 3.47. The lowest BCUT2D eigenvalue weighted by Crippen LogP contribution is -2.54. The molecule has 1 heterocycles. The van der Waals surface area contributed by atoms with Crippen LogP contribution >= 0.6 is 28.1 Å². The van der Waals surface area contributed by atoms with Crippen molar-refractivity contribution in [3.8, 4) is 11.5 Å². The van der Waals surface area contributed by atoms with Gasteiger partial charge in [0.1, 0.15) is 5.57 Å². The van der Waals surface area contributed by atoms with Gasteiger partial charge in [-0.3, -0.25) is 19.8 Å². The minimum atomic E-state index is -0.583. The number of benzene rings is 2. The average Bonchev–Trinajstić information content (AvgIpc) is 2.61. The van der Waals surface area contributed by atoms with Crippen LogP contribution in [0.2, 0.25) is 0 Å². The Labute approximate surface area is 163 Å². The number of aromatic hydroxyl groups is 1. The van der Waals surface area contributed by atoms with Crippen LogP contribution in [0.5, 0.6) is 11.5 Å². The topological polar surface area (TPSA) is 78.9 Å². The molecule has 0 saturated carbocycles. The van der Waals surface area contributed by atoms with Crippen LogP contribution in [0.15, 0.2) is 52.5 Å². The zero-order valence-corrected chi connectivity index (χ0v) is 15.9. The fraction of sp³-hybridized carbons (Fsp3) is 0.0556. The number of phenolic OH excluding ortho intramolecular Hbond substituents is 1. The molecule has 26 heavy (non-hydrogen) atoms. The van der Waals surface area contributed by atoms with Gasteiger partial charge in [0.05, 0.1) is 12.8 Å². The second-order valence-electron chi connectivity index (χ2n) is 5.37. The maximum Gasteiger partial charge on any atom is 0.270 e. The molecule has 0 unspecified atom stereocenters. The summed E-state index contributed by atoms with van der Waals surface area (Å²) in [6.07, 6.45) is 1.42. The Hall–Kier alpha value is -2.71. The van der Waals surface area contributed by atoms with Crippen LogP contribution in [0.25, 0.3) is 6.08 Å². The Balaban J connectivity index is 2.01. The van der Waals surface area contributed by atoms with Gasteiger partial charge in [-0.2, -0.15) is 0 Å². The summed E-state index contributed by atoms with van der Waals surface area (Å²) in [4.78, 5) is 26.4. The van der Waals surface area contributed by atoms with Crippen molar-refractivity contribution in [2.75, 3.05) is 12.0 Å². The fourth-order valence-corrected chi connectivity index (χ4v) is 2.98. The zero-order valence-electron chi connectivity index (χ0n) is 13.5. The van der Waals surface area contributed by atoms with E-state index in [9.17, 15) is 14.7 Å². The van der Waals surface area contributed by atoms with E-state index in [-0.39, 0.29) is 22.2 Å². The quantitative estimate of drug-likeness (QED) is 0.442. The lowest BCUT2D eigenvalue weighted by atomic mass is 10.1. The number of nitrogens with one attached hydrogen (secondary N) is 1. The molecule has 0 aromatic heterocycles. The van der Waals surface area contributed by atoms with E-state index in [2.05, 4.69) is 21.2 Å². The van der Waals surface area contributed by atoms with E-state index in [0.29, 0.717) is 11.3 Å². The minimum Gasteiger partial charge on any atom is -0.504 e. The average molecular weight is 433 g/mol. The van der Waals surface area contributed by atoms with E-state index in [4.69, 9.17) is 17.0 Å². The number of rotatable bonds is 3. The molecule has 1 aliphatic rings. The molecule has 2 aromatic carbocycles. The number of thiocarbonyl (C=S) groups is 1. The highest BCUT2D eigenvalue weighted by atomic mass is 79.9. The SMILES string of the molecule is COc1cc(/C=C2\C(=O)NC(=S)N(c3ccc(Br)cc3)C2=O)ccc1O. The first-order valence-electron chi connectivity index (χ1n) is 7.44. The van der Waals surface area contributed by atoms with E-state index in [0.717, 1.165) is 4.47 Å². The maximum absolute atomic E-state index is 12.9. The summed E-state index contributed by atoms with van der Waals surface area (Å²) < 4.78 is 5.90. The van der Waals surface area contributed by atoms with Crippen LogP contribution in [0.3, 0.4) is 0 Å². The molecule has 2 amide bonds. The fourth-order valence-electron chi connectivity index (χ4n) is 2.43. The number of amides is 2. The van der Waals surface area contributed by atoms with E-state index in [1.807, 2.05) is 0 Å². The highest BCUT2D eigenvalue weighted by molar-refractivity contribution is 9.10. The molecule has 132 valence electrons. The van der Waals surface area contributed by atoms with Crippen molar-refractivity contribution in [1.82, 2.24) is 5.32 Å².